The molecule has 0 radical (unpaired) electrons. The van der Waals surface area contributed by atoms with Gasteiger partial charge in [-0.3, -0.25) is 4.90 Å². The molecular weight excluding hydrogens is 419 g/mol. The first-order valence-electron chi connectivity index (χ1n) is 8.04. The fraction of sp³-hybridized carbons (Fsp3) is 1.00. The highest BCUT2D eigenvalue weighted by atomic mass is 31.0. The second-order valence-electron chi connectivity index (χ2n) is 6.48. The number of rotatable bonds is 7. The summed E-state index contributed by atoms with van der Waals surface area (Å²) in [7, 11) is 1.23. The van der Waals surface area contributed by atoms with Crippen molar-refractivity contribution in [1.29, 1.82) is 0 Å². The van der Waals surface area contributed by atoms with Gasteiger partial charge in [0.25, 0.3) is 6.17 Å². The standard InChI is InChI=1S/C14H20F10NOP/c15-9(13(19,20)21)11(16,17)7-26-8-12(18,27)10(14(22,23)24)25-5-3-1-2-4-6-25/h9-10H,1-8,27H2. The quantitative estimate of drug-likeness (QED) is 0.414. The Morgan fingerprint density at radius 1 is 0.778 bits per heavy atom. The van der Waals surface area contributed by atoms with Crippen LogP contribution in [-0.4, -0.2) is 67.1 Å². The van der Waals surface area contributed by atoms with Crippen LogP contribution in [0.2, 0.25) is 0 Å². The van der Waals surface area contributed by atoms with Crippen molar-refractivity contribution in [3.63, 3.8) is 0 Å². The summed E-state index contributed by atoms with van der Waals surface area (Å²) in [5.74, 6) is -5.06. The topological polar surface area (TPSA) is 12.5 Å². The number of alkyl halides is 10. The SMILES string of the molecule is FC(C(F)(F)F)C(F)(F)COCC(F)(P)C(N1CCCCCC1)C(F)(F)F. The zero-order chi connectivity index (χ0) is 21.1. The summed E-state index contributed by atoms with van der Waals surface area (Å²) < 4.78 is 134. The summed E-state index contributed by atoms with van der Waals surface area (Å²) in [5.41, 5.74) is 0. The van der Waals surface area contributed by atoms with Crippen LogP contribution < -0.4 is 0 Å². The first-order chi connectivity index (χ1) is 12.1. The Morgan fingerprint density at radius 2 is 1.26 bits per heavy atom. The van der Waals surface area contributed by atoms with Crippen LogP contribution in [0.25, 0.3) is 0 Å². The van der Waals surface area contributed by atoms with Crippen LogP contribution in [0.5, 0.6) is 0 Å². The second kappa shape index (κ2) is 8.98. The van der Waals surface area contributed by atoms with Gasteiger partial charge in [-0.25, -0.2) is 17.6 Å². The molecule has 0 aromatic heterocycles. The molecule has 1 heterocycles. The second-order valence-corrected chi connectivity index (χ2v) is 7.44. The summed E-state index contributed by atoms with van der Waals surface area (Å²) in [6.07, 6.45) is -13.5. The molecule has 1 aliphatic rings. The number of nitrogens with zero attached hydrogens (tertiary/aromatic N) is 1. The van der Waals surface area contributed by atoms with Gasteiger partial charge < -0.3 is 4.74 Å². The minimum Gasteiger partial charge on any atom is -0.371 e. The molecule has 162 valence electrons. The van der Waals surface area contributed by atoms with Gasteiger partial charge in [0.1, 0.15) is 12.6 Å². The van der Waals surface area contributed by atoms with Gasteiger partial charge in [-0.1, -0.05) is 22.1 Å². The molecular formula is C14H20F10NOP. The van der Waals surface area contributed by atoms with E-state index in [9.17, 15) is 43.9 Å². The smallest absolute Gasteiger partial charge is 0.371 e. The molecule has 0 amide bonds. The summed E-state index contributed by atoms with van der Waals surface area (Å²) in [6.45, 7) is -3.97. The van der Waals surface area contributed by atoms with E-state index in [0.29, 0.717) is 25.7 Å². The fourth-order valence-corrected chi connectivity index (χ4v) is 3.39. The maximum absolute atomic E-state index is 14.7. The molecule has 27 heavy (non-hydrogen) atoms. The molecule has 4 atom stereocenters. The summed E-state index contributed by atoms with van der Waals surface area (Å²) in [4.78, 5) is 0.815. The third-order valence-electron chi connectivity index (χ3n) is 4.05. The molecule has 1 aliphatic heterocycles. The van der Waals surface area contributed by atoms with Crippen molar-refractivity contribution in [2.45, 2.75) is 61.6 Å². The highest BCUT2D eigenvalue weighted by Crippen LogP contribution is 2.41. The van der Waals surface area contributed by atoms with Gasteiger partial charge in [0.05, 0.1) is 6.61 Å². The van der Waals surface area contributed by atoms with Crippen molar-refractivity contribution < 1.29 is 48.6 Å². The number of hydrogen-bond acceptors (Lipinski definition) is 2. The Morgan fingerprint density at radius 3 is 1.67 bits per heavy atom. The zero-order valence-corrected chi connectivity index (χ0v) is 15.2. The Balaban J connectivity index is 2.82. The Hall–Kier alpha value is -0.350. The third kappa shape index (κ3) is 7.20. The Kier molecular flexibility index (Phi) is 8.21. The van der Waals surface area contributed by atoms with E-state index in [2.05, 4.69) is 4.74 Å². The number of hydrogen-bond donors (Lipinski definition) is 0. The molecule has 0 aromatic carbocycles. The predicted octanol–water partition coefficient (Wildman–Crippen LogP) is 4.89. The van der Waals surface area contributed by atoms with E-state index < -0.39 is 49.1 Å². The lowest BCUT2D eigenvalue weighted by molar-refractivity contribution is -0.258. The Bertz CT molecular complexity index is 460. The lowest BCUT2D eigenvalue weighted by Crippen LogP contribution is -2.58. The molecule has 0 aromatic rings. The Labute approximate surface area is 151 Å². The van der Waals surface area contributed by atoms with E-state index in [0.717, 1.165) is 4.90 Å². The van der Waals surface area contributed by atoms with Crippen LogP contribution in [0, 0.1) is 0 Å². The first kappa shape index (κ1) is 24.7. The van der Waals surface area contributed by atoms with Gasteiger partial charge in [-0.2, -0.15) is 26.3 Å². The normalized spacial score (nSPS) is 22.8. The van der Waals surface area contributed by atoms with Crippen molar-refractivity contribution >= 4 is 9.24 Å². The van der Waals surface area contributed by atoms with Crippen molar-refractivity contribution in [3.8, 4) is 0 Å². The molecule has 0 saturated carbocycles. The molecule has 0 aliphatic carbocycles. The lowest BCUT2D eigenvalue weighted by atomic mass is 10.1. The first-order valence-corrected chi connectivity index (χ1v) is 8.61. The zero-order valence-electron chi connectivity index (χ0n) is 14.0. The van der Waals surface area contributed by atoms with Gasteiger partial charge >= 0.3 is 18.3 Å². The van der Waals surface area contributed by atoms with Crippen LogP contribution in [0.1, 0.15) is 25.7 Å². The van der Waals surface area contributed by atoms with Gasteiger partial charge in [0, 0.05) is 0 Å². The number of halogens is 10. The van der Waals surface area contributed by atoms with Crippen LogP contribution in [0.15, 0.2) is 0 Å². The highest BCUT2D eigenvalue weighted by molar-refractivity contribution is 7.18. The van der Waals surface area contributed by atoms with Gasteiger partial charge in [0.2, 0.25) is 0 Å². The average Bonchev–Trinajstić information content (AvgIpc) is 2.72. The molecule has 0 spiro atoms. The number of likely N-dealkylation sites (tertiary alicyclic amines) is 1. The van der Waals surface area contributed by atoms with Crippen LogP contribution >= 0.6 is 9.24 Å². The molecule has 1 fully saturated rings. The predicted molar refractivity (Wildman–Crippen MR) is 80.2 cm³/mol. The van der Waals surface area contributed by atoms with Gasteiger partial charge in [-0.15, -0.1) is 0 Å². The molecule has 1 rings (SSSR count). The summed E-state index contributed by atoms with van der Waals surface area (Å²) in [6, 6.07) is -2.72. The lowest BCUT2D eigenvalue weighted by Gasteiger charge is -2.39. The molecule has 0 N–H and O–H groups in total. The van der Waals surface area contributed by atoms with E-state index in [1.807, 2.05) is 0 Å². The largest absolute Gasteiger partial charge is 0.425 e. The van der Waals surface area contributed by atoms with Crippen LogP contribution in [-0.2, 0) is 4.74 Å². The molecule has 13 heteroatoms. The van der Waals surface area contributed by atoms with Crippen molar-refractivity contribution in [2.75, 3.05) is 26.3 Å². The molecule has 0 bridgehead atoms. The van der Waals surface area contributed by atoms with E-state index in [1.54, 1.807) is 0 Å². The third-order valence-corrected chi connectivity index (χ3v) is 4.53. The van der Waals surface area contributed by atoms with E-state index in [1.165, 1.54) is 9.24 Å². The summed E-state index contributed by atoms with van der Waals surface area (Å²) in [5, 5.41) is -3.30. The van der Waals surface area contributed by atoms with Gasteiger partial charge in [0.15, 0.2) is 5.41 Å². The van der Waals surface area contributed by atoms with Gasteiger partial charge in [-0.05, 0) is 25.9 Å². The van der Waals surface area contributed by atoms with Crippen LogP contribution in [0.3, 0.4) is 0 Å². The van der Waals surface area contributed by atoms with E-state index in [4.69, 9.17) is 0 Å². The van der Waals surface area contributed by atoms with Crippen molar-refractivity contribution in [3.05, 3.63) is 0 Å². The average molecular weight is 439 g/mol. The monoisotopic (exact) mass is 439 g/mol. The molecule has 1 saturated heterocycles. The van der Waals surface area contributed by atoms with Crippen LogP contribution in [0.4, 0.5) is 43.9 Å². The number of ether oxygens (including phenoxy) is 1. The van der Waals surface area contributed by atoms with Crippen molar-refractivity contribution in [1.82, 2.24) is 4.90 Å². The minimum atomic E-state index is -5.89. The minimum absolute atomic E-state index is 0.0823. The van der Waals surface area contributed by atoms with E-state index >= 15 is 0 Å². The van der Waals surface area contributed by atoms with E-state index in [-0.39, 0.29) is 13.1 Å². The maximum atomic E-state index is 14.7. The highest BCUT2D eigenvalue weighted by Gasteiger charge is 2.58. The fourth-order valence-electron chi connectivity index (χ4n) is 2.87. The van der Waals surface area contributed by atoms with Crippen molar-refractivity contribution in [2.24, 2.45) is 0 Å². The summed E-state index contributed by atoms with van der Waals surface area (Å²) >= 11 is 0. The maximum Gasteiger partial charge on any atom is 0.425 e. The molecule has 4 unspecified atom stereocenters. The molecule has 2 nitrogen and oxygen atoms in total.